The molecule has 1 saturated carbocycles. The van der Waals surface area contributed by atoms with E-state index < -0.39 is 0 Å². The van der Waals surface area contributed by atoms with E-state index in [1.165, 1.54) is 37.9 Å². The maximum absolute atomic E-state index is 4.67. The molecule has 92 valence electrons. The van der Waals surface area contributed by atoms with Gasteiger partial charge in [-0.05, 0) is 18.8 Å². The molecule has 2 N–H and O–H groups in total. The van der Waals surface area contributed by atoms with Gasteiger partial charge in [0.2, 0.25) is 0 Å². The van der Waals surface area contributed by atoms with Crippen molar-refractivity contribution in [1.29, 1.82) is 0 Å². The van der Waals surface area contributed by atoms with Gasteiger partial charge in [0.05, 0.1) is 12.6 Å². The second kappa shape index (κ2) is 5.67. The topological polar surface area (TPSA) is 36.4 Å². The zero-order valence-electron chi connectivity index (χ0n) is 10.6. The first-order valence-electron chi connectivity index (χ1n) is 6.81. The summed E-state index contributed by atoms with van der Waals surface area (Å²) in [5.41, 5.74) is 0. The average Bonchev–Trinajstić information content (AvgIpc) is 2.31. The van der Waals surface area contributed by atoms with Gasteiger partial charge in [-0.2, -0.15) is 0 Å². The van der Waals surface area contributed by atoms with Gasteiger partial charge in [0, 0.05) is 12.6 Å². The quantitative estimate of drug-likeness (QED) is 0.750. The SMILES string of the molecule is CC(C)C1NCCN=C1NC1CCCCC1. The predicted octanol–water partition coefficient (Wildman–Crippen LogP) is 1.93. The maximum Gasteiger partial charge on any atom is 0.114 e. The van der Waals surface area contributed by atoms with Gasteiger partial charge in [0.15, 0.2) is 0 Å². The Hall–Kier alpha value is -0.570. The molecular formula is C13H25N3. The van der Waals surface area contributed by atoms with E-state index in [0.29, 0.717) is 18.0 Å². The van der Waals surface area contributed by atoms with Gasteiger partial charge in [-0.1, -0.05) is 33.1 Å². The molecule has 2 aliphatic rings. The molecule has 0 bridgehead atoms. The minimum absolute atomic E-state index is 0.440. The van der Waals surface area contributed by atoms with Crippen molar-refractivity contribution in [3.63, 3.8) is 0 Å². The summed E-state index contributed by atoms with van der Waals surface area (Å²) in [7, 11) is 0. The van der Waals surface area contributed by atoms with Crippen LogP contribution in [0.25, 0.3) is 0 Å². The van der Waals surface area contributed by atoms with Crippen LogP contribution < -0.4 is 10.6 Å². The van der Waals surface area contributed by atoms with Crippen molar-refractivity contribution in [2.24, 2.45) is 10.9 Å². The van der Waals surface area contributed by atoms with Crippen molar-refractivity contribution in [3.8, 4) is 0 Å². The third-order valence-electron chi connectivity index (χ3n) is 3.68. The van der Waals surface area contributed by atoms with Crippen molar-refractivity contribution in [2.45, 2.75) is 58.0 Å². The third-order valence-corrected chi connectivity index (χ3v) is 3.68. The molecule has 3 heteroatoms. The monoisotopic (exact) mass is 223 g/mol. The number of rotatable bonds is 2. The summed E-state index contributed by atoms with van der Waals surface area (Å²) >= 11 is 0. The van der Waals surface area contributed by atoms with Gasteiger partial charge in [-0.3, -0.25) is 4.99 Å². The normalized spacial score (nSPS) is 27.9. The summed E-state index contributed by atoms with van der Waals surface area (Å²) < 4.78 is 0. The molecule has 0 saturated heterocycles. The number of aliphatic imine (C=N–C) groups is 1. The molecular weight excluding hydrogens is 198 g/mol. The van der Waals surface area contributed by atoms with E-state index in [2.05, 4.69) is 29.5 Å². The zero-order valence-corrected chi connectivity index (χ0v) is 10.6. The lowest BCUT2D eigenvalue weighted by Gasteiger charge is -2.32. The molecule has 0 aromatic carbocycles. The van der Waals surface area contributed by atoms with E-state index in [4.69, 9.17) is 0 Å². The molecule has 0 radical (unpaired) electrons. The Morgan fingerprint density at radius 2 is 2.00 bits per heavy atom. The molecule has 1 atom stereocenters. The van der Waals surface area contributed by atoms with E-state index in [1.807, 2.05) is 0 Å². The third kappa shape index (κ3) is 2.97. The van der Waals surface area contributed by atoms with E-state index in [9.17, 15) is 0 Å². The van der Waals surface area contributed by atoms with Crippen molar-refractivity contribution >= 4 is 5.84 Å². The second-order valence-corrected chi connectivity index (χ2v) is 5.42. The zero-order chi connectivity index (χ0) is 11.4. The standard InChI is InChI=1S/C13H25N3/c1-10(2)12-13(15-9-8-14-12)16-11-6-4-3-5-7-11/h10-12,14H,3-9H2,1-2H3,(H,15,16). The number of hydrogen-bond acceptors (Lipinski definition) is 3. The Bertz CT molecular complexity index is 242. The molecule has 1 heterocycles. The molecule has 16 heavy (non-hydrogen) atoms. The molecule has 0 aromatic heterocycles. The lowest BCUT2D eigenvalue weighted by molar-refractivity contribution is 0.394. The summed E-state index contributed by atoms with van der Waals surface area (Å²) in [4.78, 5) is 4.67. The summed E-state index contributed by atoms with van der Waals surface area (Å²) in [6.07, 6.45) is 6.82. The van der Waals surface area contributed by atoms with Crippen LogP contribution in [0.4, 0.5) is 0 Å². The minimum atomic E-state index is 0.440. The molecule has 1 aliphatic carbocycles. The van der Waals surface area contributed by atoms with E-state index in [0.717, 1.165) is 13.1 Å². The number of amidine groups is 1. The molecule has 1 fully saturated rings. The highest BCUT2D eigenvalue weighted by atomic mass is 15.1. The highest BCUT2D eigenvalue weighted by Gasteiger charge is 2.24. The van der Waals surface area contributed by atoms with Crippen molar-refractivity contribution in [2.75, 3.05) is 13.1 Å². The summed E-state index contributed by atoms with van der Waals surface area (Å²) in [6.45, 7) is 6.49. The predicted molar refractivity (Wildman–Crippen MR) is 68.9 cm³/mol. The van der Waals surface area contributed by atoms with Crippen LogP contribution in [0.1, 0.15) is 46.0 Å². The van der Waals surface area contributed by atoms with Gasteiger partial charge in [0.25, 0.3) is 0 Å². The van der Waals surface area contributed by atoms with Crippen LogP contribution in [-0.4, -0.2) is 31.0 Å². The Labute approximate surface area is 99.1 Å². The molecule has 1 unspecified atom stereocenters. The largest absolute Gasteiger partial charge is 0.370 e. The van der Waals surface area contributed by atoms with Crippen LogP contribution in [0.15, 0.2) is 4.99 Å². The van der Waals surface area contributed by atoms with Crippen molar-refractivity contribution in [3.05, 3.63) is 0 Å². The molecule has 0 spiro atoms. The number of nitrogens with one attached hydrogen (secondary N) is 2. The molecule has 0 amide bonds. The van der Waals surface area contributed by atoms with Crippen LogP contribution >= 0.6 is 0 Å². The van der Waals surface area contributed by atoms with Crippen molar-refractivity contribution in [1.82, 2.24) is 10.6 Å². The first kappa shape index (κ1) is 11.9. The molecule has 3 nitrogen and oxygen atoms in total. The van der Waals surface area contributed by atoms with Gasteiger partial charge in [-0.15, -0.1) is 0 Å². The van der Waals surface area contributed by atoms with Crippen LogP contribution in [0.2, 0.25) is 0 Å². The average molecular weight is 223 g/mol. The Morgan fingerprint density at radius 3 is 2.69 bits per heavy atom. The fraction of sp³-hybridized carbons (Fsp3) is 0.923. The summed E-state index contributed by atoms with van der Waals surface area (Å²) in [6, 6.07) is 1.12. The van der Waals surface area contributed by atoms with E-state index in [1.54, 1.807) is 0 Å². The Morgan fingerprint density at radius 1 is 1.25 bits per heavy atom. The summed E-state index contributed by atoms with van der Waals surface area (Å²) in [5, 5.41) is 7.24. The molecule has 0 aromatic rings. The Kier molecular flexibility index (Phi) is 4.22. The molecule has 2 rings (SSSR count). The van der Waals surface area contributed by atoms with Crippen LogP contribution in [0, 0.1) is 5.92 Å². The van der Waals surface area contributed by atoms with E-state index >= 15 is 0 Å². The number of hydrogen-bond donors (Lipinski definition) is 2. The second-order valence-electron chi connectivity index (χ2n) is 5.42. The van der Waals surface area contributed by atoms with Gasteiger partial charge >= 0.3 is 0 Å². The Balaban J connectivity index is 1.92. The van der Waals surface area contributed by atoms with Gasteiger partial charge in [0.1, 0.15) is 5.84 Å². The maximum atomic E-state index is 4.67. The highest BCUT2D eigenvalue weighted by molar-refractivity contribution is 5.88. The first-order valence-corrected chi connectivity index (χ1v) is 6.81. The van der Waals surface area contributed by atoms with Crippen LogP contribution in [0.3, 0.4) is 0 Å². The molecule has 1 aliphatic heterocycles. The smallest absolute Gasteiger partial charge is 0.114 e. The van der Waals surface area contributed by atoms with Crippen molar-refractivity contribution < 1.29 is 0 Å². The minimum Gasteiger partial charge on any atom is -0.370 e. The first-order chi connectivity index (χ1) is 7.77. The fourth-order valence-corrected chi connectivity index (χ4v) is 2.73. The lowest BCUT2D eigenvalue weighted by atomic mass is 9.94. The van der Waals surface area contributed by atoms with Gasteiger partial charge in [-0.25, -0.2) is 0 Å². The van der Waals surface area contributed by atoms with E-state index in [-0.39, 0.29) is 0 Å². The summed E-state index contributed by atoms with van der Waals surface area (Å²) in [5.74, 6) is 1.84. The highest BCUT2D eigenvalue weighted by Crippen LogP contribution is 2.18. The lowest BCUT2D eigenvalue weighted by Crippen LogP contribution is -2.53. The van der Waals surface area contributed by atoms with Crippen LogP contribution in [-0.2, 0) is 0 Å². The van der Waals surface area contributed by atoms with Crippen LogP contribution in [0.5, 0.6) is 0 Å². The fourth-order valence-electron chi connectivity index (χ4n) is 2.73. The number of nitrogens with zero attached hydrogens (tertiary/aromatic N) is 1. The van der Waals surface area contributed by atoms with Gasteiger partial charge < -0.3 is 10.6 Å².